The second-order valence-electron chi connectivity index (χ2n) is 4.82. The van der Waals surface area contributed by atoms with Crippen molar-refractivity contribution in [1.29, 1.82) is 0 Å². The van der Waals surface area contributed by atoms with Gasteiger partial charge in [0.05, 0.1) is 18.0 Å². The first kappa shape index (κ1) is 20.0. The van der Waals surface area contributed by atoms with E-state index in [1.165, 1.54) is 29.0 Å². The van der Waals surface area contributed by atoms with E-state index in [1.54, 1.807) is 12.3 Å². The van der Waals surface area contributed by atoms with Crippen LogP contribution in [-0.4, -0.2) is 41.0 Å². The van der Waals surface area contributed by atoms with Crippen molar-refractivity contribution in [2.75, 3.05) is 11.5 Å². The lowest BCUT2D eigenvalue weighted by molar-refractivity contribution is -0.603. The van der Waals surface area contributed by atoms with Gasteiger partial charge in [0.25, 0.3) is 0 Å². The maximum absolute atomic E-state index is 10.9. The summed E-state index contributed by atoms with van der Waals surface area (Å²) in [6, 6.07) is 3.02. The summed E-state index contributed by atoms with van der Waals surface area (Å²) in [5.74, 6) is -0.0605. The molecule has 0 saturated heterocycles. The van der Waals surface area contributed by atoms with Gasteiger partial charge in [-0.1, -0.05) is 13.2 Å². The molecule has 3 heterocycles. The zero-order valence-corrected chi connectivity index (χ0v) is 16.1. The summed E-state index contributed by atoms with van der Waals surface area (Å²) in [5, 5.41) is 8.98. The molecule has 150 valence electrons. The SMILES string of the molecule is [2H]Nc1nc(C=C)nc(-[n+]2cccc(C(=O)O)c2)n1.[2H]Nc1nc(Cl)nc(C=C)n1.[Cl-]. The molecular formula is C16H15Cl2N9O2. The highest BCUT2D eigenvalue weighted by Crippen LogP contribution is 2.03. The smallest absolute Gasteiger partial charge is 0.443 e. The fraction of sp³-hybridized carbons (Fsp3) is 0. The van der Waals surface area contributed by atoms with Gasteiger partial charge in [0.2, 0.25) is 17.1 Å². The molecule has 0 aliphatic carbocycles. The molecule has 3 rings (SSSR count). The van der Waals surface area contributed by atoms with Crippen LogP contribution in [0.3, 0.4) is 0 Å². The maximum Gasteiger partial charge on any atom is 0.443 e. The predicted octanol–water partition coefficient (Wildman–Crippen LogP) is -2.17. The van der Waals surface area contributed by atoms with Gasteiger partial charge in [-0.05, 0) is 45.9 Å². The van der Waals surface area contributed by atoms with Crippen molar-refractivity contribution in [2.45, 2.75) is 0 Å². The molecule has 3 aromatic heterocycles. The average Bonchev–Trinajstić information content (AvgIpc) is 2.78. The Bertz CT molecular complexity index is 1090. The molecule has 0 radical (unpaired) electrons. The lowest BCUT2D eigenvalue weighted by atomic mass is 10.3. The number of carboxylic acid groups (broad SMARTS) is 1. The van der Waals surface area contributed by atoms with E-state index in [2.05, 4.69) is 48.8 Å². The molecule has 0 spiro atoms. The lowest BCUT2D eigenvalue weighted by Crippen LogP contribution is -3.00. The molecular weight excluding hydrogens is 421 g/mol. The number of halogens is 2. The first-order valence-corrected chi connectivity index (χ1v) is 7.81. The number of anilines is 2. The van der Waals surface area contributed by atoms with Crippen molar-refractivity contribution in [3.05, 3.63) is 60.2 Å². The molecule has 0 amide bonds. The van der Waals surface area contributed by atoms with Crippen molar-refractivity contribution >= 4 is 41.6 Å². The number of hydrogen-bond acceptors (Lipinski definition) is 9. The van der Waals surface area contributed by atoms with Crippen LogP contribution in [0.4, 0.5) is 11.9 Å². The molecule has 5 N–H and O–H groups in total. The summed E-state index contributed by atoms with van der Waals surface area (Å²) in [6.45, 7) is 6.99. The first-order valence-electron chi connectivity index (χ1n) is 8.43. The zero-order chi connectivity index (χ0) is 22.1. The monoisotopic (exact) mass is 437 g/mol. The maximum atomic E-state index is 10.9. The third-order valence-corrected chi connectivity index (χ3v) is 3.08. The van der Waals surface area contributed by atoms with E-state index < -0.39 is 5.97 Å². The quantitative estimate of drug-likeness (QED) is 0.360. The van der Waals surface area contributed by atoms with E-state index in [0.29, 0.717) is 5.82 Å². The van der Waals surface area contributed by atoms with Gasteiger partial charge in [-0.2, -0.15) is 19.9 Å². The number of nitrogens with two attached hydrogens (primary N) is 2. The number of nitrogens with zero attached hydrogens (tertiary/aromatic N) is 7. The largest absolute Gasteiger partial charge is 1.00 e. The number of carboxylic acids is 1. The molecule has 0 aliphatic rings. The molecule has 13 heteroatoms. The normalized spacial score (nSPS) is 10.1. The number of rotatable bonds is 6. The molecule has 29 heavy (non-hydrogen) atoms. The summed E-state index contributed by atoms with van der Waals surface area (Å²) >= 11 is 5.47. The molecule has 0 aliphatic heterocycles. The second-order valence-corrected chi connectivity index (χ2v) is 5.15. The summed E-state index contributed by atoms with van der Waals surface area (Å²) in [4.78, 5) is 33.9. The molecule has 11 nitrogen and oxygen atoms in total. The summed E-state index contributed by atoms with van der Waals surface area (Å²) in [5.41, 5.74) is 4.16. The number of aromatic carboxylic acids is 1. The molecule has 3 aromatic rings. The predicted molar refractivity (Wildman–Crippen MR) is 102 cm³/mol. The molecule has 0 unspecified atom stereocenters. The third-order valence-electron chi connectivity index (χ3n) is 2.91. The van der Waals surface area contributed by atoms with E-state index in [9.17, 15) is 4.79 Å². The number of aromatic nitrogens is 7. The number of hydrogen-bond donors (Lipinski definition) is 3. The molecule has 0 saturated carbocycles. The number of carbonyl (C=O) groups is 1. The van der Waals surface area contributed by atoms with E-state index in [1.807, 2.05) is 5.73 Å². The van der Waals surface area contributed by atoms with Gasteiger partial charge in [-0.15, -0.1) is 0 Å². The number of pyridine rings is 1. The first-order chi connectivity index (χ1) is 14.4. The van der Waals surface area contributed by atoms with Crippen LogP contribution in [0, 0.1) is 0 Å². The fourth-order valence-electron chi connectivity index (χ4n) is 1.77. The molecule has 0 aromatic carbocycles. The van der Waals surface area contributed by atoms with Gasteiger partial charge in [-0.3, -0.25) is 0 Å². The van der Waals surface area contributed by atoms with Crippen LogP contribution in [-0.2, 0) is 0 Å². The van der Waals surface area contributed by atoms with Crippen LogP contribution in [0.15, 0.2) is 37.7 Å². The van der Waals surface area contributed by atoms with Gasteiger partial charge in [0.1, 0.15) is 0 Å². The second kappa shape index (κ2) is 10.6. The Hall–Kier alpha value is -3.70. The van der Waals surface area contributed by atoms with Crippen LogP contribution in [0.25, 0.3) is 18.1 Å². The molecule has 0 atom stereocenters. The highest BCUT2D eigenvalue weighted by atomic mass is 35.5. The van der Waals surface area contributed by atoms with Crippen LogP contribution in [0.1, 0.15) is 22.0 Å². The zero-order valence-electron chi connectivity index (χ0n) is 16.6. The lowest BCUT2D eigenvalue weighted by Gasteiger charge is -1.98. The fourth-order valence-corrected chi connectivity index (χ4v) is 1.94. The standard InChI is InChI=1S/C11H9N5O2.C5H5ClN4.ClH/c1-2-8-13-10(12)15-11(14-8)16-5-3-4-7(6-16)9(17)18;1-2-3-8-4(6)10-5(7)9-3;/h2-6H,1H2,(H2-,12,13,14,15,17,18);2H,1H2,(H2,7,8,9,10);1H/i/hD2. The Kier molecular flexibility index (Phi) is 7.32. The van der Waals surface area contributed by atoms with Crippen LogP contribution in [0.2, 0.25) is 8.11 Å². The van der Waals surface area contributed by atoms with Gasteiger partial charge in [0.15, 0.2) is 8.65 Å². The highest BCUT2D eigenvalue weighted by Gasteiger charge is 2.15. The van der Waals surface area contributed by atoms with Crippen molar-refractivity contribution in [3.63, 3.8) is 0 Å². The Balaban J connectivity index is 0.000000344. The van der Waals surface area contributed by atoms with Gasteiger partial charge in [-0.25, -0.2) is 9.36 Å². The Morgan fingerprint density at radius 1 is 1.10 bits per heavy atom. The van der Waals surface area contributed by atoms with E-state index >= 15 is 0 Å². The van der Waals surface area contributed by atoms with Crippen molar-refractivity contribution < 1.29 is 29.7 Å². The molecule has 0 bridgehead atoms. The van der Waals surface area contributed by atoms with E-state index in [0.717, 1.165) is 0 Å². The van der Waals surface area contributed by atoms with Gasteiger partial charge < -0.3 is 29.0 Å². The minimum Gasteiger partial charge on any atom is -1.00 e. The molecule has 0 fully saturated rings. The van der Waals surface area contributed by atoms with Crippen LogP contribution >= 0.6 is 11.6 Å². The van der Waals surface area contributed by atoms with Crippen molar-refractivity contribution in [3.8, 4) is 5.95 Å². The summed E-state index contributed by atoms with van der Waals surface area (Å²) < 4.78 is 15.2. The van der Waals surface area contributed by atoms with Crippen molar-refractivity contribution in [2.24, 2.45) is 0 Å². The Morgan fingerprint density at radius 2 is 1.72 bits per heavy atom. The summed E-state index contributed by atoms with van der Waals surface area (Å²) in [7, 11) is 0. The topological polar surface area (TPSA) is 171 Å². The van der Waals surface area contributed by atoms with Gasteiger partial charge in [0, 0.05) is 0 Å². The Labute approximate surface area is 179 Å². The minimum atomic E-state index is -1.05. The number of nitrogen functional groups attached to an aromatic ring is 2. The summed E-state index contributed by atoms with van der Waals surface area (Å²) in [6.07, 6.45) is 5.81. The van der Waals surface area contributed by atoms with Crippen molar-refractivity contribution in [1.82, 2.24) is 29.9 Å². The van der Waals surface area contributed by atoms with E-state index in [4.69, 9.17) is 19.5 Å². The third kappa shape index (κ3) is 6.75. The van der Waals surface area contributed by atoms with Crippen LogP contribution in [0.5, 0.6) is 0 Å². The average molecular weight is 438 g/mol. The Morgan fingerprint density at radius 3 is 2.31 bits per heavy atom. The minimum absolute atomic E-state index is 0. The van der Waals surface area contributed by atoms with Gasteiger partial charge >= 0.3 is 17.9 Å². The highest BCUT2D eigenvalue weighted by molar-refractivity contribution is 6.28. The van der Waals surface area contributed by atoms with E-state index in [-0.39, 0.29) is 46.9 Å². The van der Waals surface area contributed by atoms with Crippen LogP contribution < -0.4 is 28.4 Å².